The van der Waals surface area contributed by atoms with Crippen molar-refractivity contribution >= 4 is 11.7 Å². The summed E-state index contributed by atoms with van der Waals surface area (Å²) in [6, 6.07) is 7.89. The molecule has 32 heavy (non-hydrogen) atoms. The molecule has 2 saturated heterocycles. The van der Waals surface area contributed by atoms with Crippen molar-refractivity contribution in [2.45, 2.75) is 19.4 Å². The molecule has 2 aliphatic heterocycles. The molecule has 0 saturated carbocycles. The number of carbonyl (C=O) groups excluding carboxylic acids is 1. The molecule has 1 unspecified atom stereocenters. The number of aromatic nitrogens is 5. The van der Waals surface area contributed by atoms with Crippen molar-refractivity contribution in [1.82, 2.24) is 34.5 Å². The molecule has 1 atom stereocenters. The lowest BCUT2D eigenvalue weighted by Gasteiger charge is -2.39. The normalized spacial score (nSPS) is 19.8. The minimum atomic E-state index is 0.0109. The second-order valence-corrected chi connectivity index (χ2v) is 8.43. The Kier molecular flexibility index (Phi) is 6.06. The first-order valence-electron chi connectivity index (χ1n) is 11.2. The number of hydrogen-bond acceptors (Lipinski definition) is 7. The monoisotopic (exact) mass is 432 g/mol. The van der Waals surface area contributed by atoms with Gasteiger partial charge in [-0.05, 0) is 30.5 Å². The first-order chi connectivity index (χ1) is 15.8. The number of amides is 1. The van der Waals surface area contributed by atoms with Crippen molar-refractivity contribution < 1.29 is 4.79 Å². The minimum Gasteiger partial charge on any atom is -0.356 e. The Bertz CT molecular complexity index is 1020. The van der Waals surface area contributed by atoms with Gasteiger partial charge in [-0.3, -0.25) is 14.7 Å². The van der Waals surface area contributed by atoms with Gasteiger partial charge in [-0.15, -0.1) is 0 Å². The average molecular weight is 433 g/mol. The fourth-order valence-electron chi connectivity index (χ4n) is 4.56. The van der Waals surface area contributed by atoms with Crippen LogP contribution >= 0.6 is 0 Å². The molecule has 2 aliphatic rings. The zero-order valence-electron chi connectivity index (χ0n) is 18.1. The van der Waals surface area contributed by atoms with Gasteiger partial charge >= 0.3 is 0 Å². The number of nitrogens with zero attached hydrogens (tertiary/aromatic N) is 8. The molecule has 3 aromatic heterocycles. The van der Waals surface area contributed by atoms with E-state index in [0.29, 0.717) is 6.54 Å². The SMILES string of the molecule is O=C(C1CCCN(c2cc(-n3cccn3)ncn2)C1)N1CCN(Cc2cccnc2)CC1. The molecule has 5 rings (SSSR count). The van der Waals surface area contributed by atoms with Crippen molar-refractivity contribution in [2.24, 2.45) is 5.92 Å². The lowest BCUT2D eigenvalue weighted by Crippen LogP contribution is -2.52. The quantitative estimate of drug-likeness (QED) is 0.606. The number of carbonyl (C=O) groups is 1. The molecule has 1 amide bonds. The van der Waals surface area contributed by atoms with E-state index in [0.717, 1.165) is 63.7 Å². The molecule has 0 spiro atoms. The van der Waals surface area contributed by atoms with Crippen molar-refractivity contribution in [1.29, 1.82) is 0 Å². The lowest BCUT2D eigenvalue weighted by molar-refractivity contribution is -0.137. The van der Waals surface area contributed by atoms with Crippen LogP contribution < -0.4 is 4.90 Å². The summed E-state index contributed by atoms with van der Waals surface area (Å²) in [7, 11) is 0. The highest BCUT2D eigenvalue weighted by Gasteiger charge is 2.31. The fraction of sp³-hybridized carbons (Fsp3) is 0.435. The molecule has 9 heteroatoms. The zero-order chi connectivity index (χ0) is 21.8. The third-order valence-corrected chi connectivity index (χ3v) is 6.28. The Balaban J connectivity index is 1.18. The van der Waals surface area contributed by atoms with E-state index in [1.165, 1.54) is 5.56 Å². The minimum absolute atomic E-state index is 0.0109. The molecule has 9 nitrogen and oxygen atoms in total. The summed E-state index contributed by atoms with van der Waals surface area (Å²) in [4.78, 5) is 32.9. The molecule has 2 fully saturated rings. The van der Waals surface area contributed by atoms with E-state index in [2.05, 4.69) is 35.9 Å². The highest BCUT2D eigenvalue weighted by molar-refractivity contribution is 5.80. The van der Waals surface area contributed by atoms with E-state index < -0.39 is 0 Å². The maximum Gasteiger partial charge on any atom is 0.227 e. The van der Waals surface area contributed by atoms with E-state index in [1.54, 1.807) is 23.4 Å². The predicted molar refractivity (Wildman–Crippen MR) is 120 cm³/mol. The summed E-state index contributed by atoms with van der Waals surface area (Å²) >= 11 is 0. The highest BCUT2D eigenvalue weighted by Crippen LogP contribution is 2.24. The lowest BCUT2D eigenvalue weighted by atomic mass is 9.96. The van der Waals surface area contributed by atoms with E-state index in [4.69, 9.17) is 0 Å². The summed E-state index contributed by atoms with van der Waals surface area (Å²) in [5.41, 5.74) is 1.22. The zero-order valence-corrected chi connectivity index (χ0v) is 18.1. The summed E-state index contributed by atoms with van der Waals surface area (Å²) in [6.45, 7) is 5.85. The molecule has 0 radical (unpaired) electrons. The molecule has 0 aliphatic carbocycles. The van der Waals surface area contributed by atoms with Gasteiger partial charge in [0.1, 0.15) is 12.1 Å². The molecular formula is C23H28N8O. The van der Waals surface area contributed by atoms with Crippen LogP contribution in [-0.2, 0) is 11.3 Å². The highest BCUT2D eigenvalue weighted by atomic mass is 16.2. The molecule has 0 bridgehead atoms. The van der Waals surface area contributed by atoms with Crippen LogP contribution in [0.25, 0.3) is 5.82 Å². The third kappa shape index (κ3) is 4.62. The average Bonchev–Trinajstić information content (AvgIpc) is 3.40. The molecule has 166 valence electrons. The Morgan fingerprint density at radius 3 is 2.69 bits per heavy atom. The van der Waals surface area contributed by atoms with Crippen LogP contribution in [0, 0.1) is 5.92 Å². The maximum atomic E-state index is 13.3. The molecular weight excluding hydrogens is 404 g/mol. The molecule has 0 N–H and O–H groups in total. The van der Waals surface area contributed by atoms with E-state index in [-0.39, 0.29) is 11.8 Å². The van der Waals surface area contributed by atoms with Crippen molar-refractivity contribution in [3.63, 3.8) is 0 Å². The van der Waals surface area contributed by atoms with Crippen LogP contribution in [0.2, 0.25) is 0 Å². The molecule has 5 heterocycles. The van der Waals surface area contributed by atoms with Crippen LogP contribution in [0.1, 0.15) is 18.4 Å². The second-order valence-electron chi connectivity index (χ2n) is 8.43. The van der Waals surface area contributed by atoms with E-state index in [9.17, 15) is 4.79 Å². The smallest absolute Gasteiger partial charge is 0.227 e. The number of anilines is 1. The van der Waals surface area contributed by atoms with Gasteiger partial charge in [0.05, 0.1) is 5.92 Å². The van der Waals surface area contributed by atoms with Crippen molar-refractivity contribution in [3.8, 4) is 5.82 Å². The Morgan fingerprint density at radius 1 is 1.03 bits per heavy atom. The van der Waals surface area contributed by atoms with Gasteiger partial charge in [-0.2, -0.15) is 5.10 Å². The van der Waals surface area contributed by atoms with Crippen LogP contribution in [0.3, 0.4) is 0 Å². The number of rotatable bonds is 5. The fourth-order valence-corrected chi connectivity index (χ4v) is 4.56. The van der Waals surface area contributed by atoms with Gasteiger partial charge in [-0.1, -0.05) is 6.07 Å². The van der Waals surface area contributed by atoms with Gasteiger partial charge in [0.2, 0.25) is 5.91 Å². The Morgan fingerprint density at radius 2 is 1.91 bits per heavy atom. The molecule has 0 aromatic carbocycles. The van der Waals surface area contributed by atoms with Gasteiger partial charge in [0, 0.05) is 76.7 Å². The maximum absolute atomic E-state index is 13.3. The van der Waals surface area contributed by atoms with Gasteiger partial charge in [0.25, 0.3) is 0 Å². The standard InChI is InChI=1S/C23H28N8O/c32-23(29-12-10-28(11-13-29)16-19-4-1-6-24-15-19)20-5-2-8-30(17-20)21-14-22(26-18-25-21)31-9-3-7-27-31/h1,3-4,6-7,9,14-15,18,20H,2,5,8,10-13,16-17H2. The van der Waals surface area contributed by atoms with Crippen LogP contribution in [0.4, 0.5) is 5.82 Å². The second kappa shape index (κ2) is 9.44. The van der Waals surface area contributed by atoms with Crippen molar-refractivity contribution in [2.75, 3.05) is 44.2 Å². The first kappa shape index (κ1) is 20.6. The first-order valence-corrected chi connectivity index (χ1v) is 11.2. The van der Waals surface area contributed by atoms with Crippen LogP contribution in [0.15, 0.2) is 55.4 Å². The van der Waals surface area contributed by atoms with E-state index in [1.807, 2.05) is 35.5 Å². The summed E-state index contributed by atoms with van der Waals surface area (Å²) < 4.78 is 1.72. The topological polar surface area (TPSA) is 83.3 Å². The predicted octanol–water partition coefficient (Wildman–Crippen LogP) is 1.62. The number of piperidine rings is 1. The largest absolute Gasteiger partial charge is 0.356 e. The van der Waals surface area contributed by atoms with Gasteiger partial charge in [-0.25, -0.2) is 14.6 Å². The summed E-state index contributed by atoms with van der Waals surface area (Å²) in [5.74, 6) is 1.87. The molecule has 3 aromatic rings. The summed E-state index contributed by atoms with van der Waals surface area (Å²) in [5, 5.41) is 4.25. The van der Waals surface area contributed by atoms with Gasteiger partial charge in [0.15, 0.2) is 5.82 Å². The van der Waals surface area contributed by atoms with Crippen LogP contribution in [0.5, 0.6) is 0 Å². The van der Waals surface area contributed by atoms with Crippen LogP contribution in [-0.4, -0.2) is 79.7 Å². The van der Waals surface area contributed by atoms with E-state index >= 15 is 0 Å². The summed E-state index contributed by atoms with van der Waals surface area (Å²) in [6.07, 6.45) is 10.8. The van der Waals surface area contributed by atoms with Gasteiger partial charge < -0.3 is 9.80 Å². The number of piperazine rings is 1. The third-order valence-electron chi connectivity index (χ3n) is 6.28. The number of pyridine rings is 1. The number of hydrogen-bond donors (Lipinski definition) is 0. The Hall–Kier alpha value is -3.33. The Labute approximate surface area is 187 Å². The van der Waals surface area contributed by atoms with Crippen molar-refractivity contribution in [3.05, 3.63) is 60.9 Å².